The Morgan fingerprint density at radius 2 is 1.54 bits per heavy atom. The molecule has 2 fully saturated rings. The number of aliphatic hydroxyl groups is 1. The molecule has 0 saturated carbocycles. The van der Waals surface area contributed by atoms with Crippen molar-refractivity contribution in [2.75, 3.05) is 19.7 Å². The predicted octanol–water partition coefficient (Wildman–Crippen LogP) is 2.40. The summed E-state index contributed by atoms with van der Waals surface area (Å²) >= 11 is 0. The summed E-state index contributed by atoms with van der Waals surface area (Å²) < 4.78 is 13.1. The van der Waals surface area contributed by atoms with Crippen LogP contribution < -0.4 is 0 Å². The number of nitrogens with zero attached hydrogens (tertiary/aromatic N) is 2. The second-order valence-electron chi connectivity index (χ2n) is 7.72. The van der Waals surface area contributed by atoms with Crippen molar-refractivity contribution < 1.29 is 19.1 Å². The Morgan fingerprint density at radius 1 is 1.00 bits per heavy atom. The van der Waals surface area contributed by atoms with Gasteiger partial charge in [-0.3, -0.25) is 9.59 Å². The summed E-state index contributed by atoms with van der Waals surface area (Å²) in [5, 5.41) is 9.91. The Kier molecular flexibility index (Phi) is 4.46. The van der Waals surface area contributed by atoms with Gasteiger partial charge in [0.15, 0.2) is 0 Å². The van der Waals surface area contributed by atoms with Gasteiger partial charge in [0.25, 0.3) is 0 Å². The van der Waals surface area contributed by atoms with Gasteiger partial charge >= 0.3 is 0 Å². The number of likely N-dealkylation sites (tertiary alicyclic amines) is 2. The Balaban J connectivity index is 1.63. The molecule has 5 nitrogen and oxygen atoms in total. The molecule has 146 valence electrons. The zero-order valence-electron chi connectivity index (χ0n) is 15.9. The summed E-state index contributed by atoms with van der Waals surface area (Å²) in [5.74, 6) is -0.389. The van der Waals surface area contributed by atoms with E-state index in [1.54, 1.807) is 21.9 Å². The highest BCUT2D eigenvalue weighted by Gasteiger charge is 2.67. The standard InChI is InChI=1S/C22H23FN2O3/c1-14(27)24-12-22(13-24)21(20(11-26)25(22)15(2)28)18-5-3-16(4-6-18)17-7-9-19(23)10-8-17/h3-10,20-21,26H,11-13H2,1-2H3/t20-,21+/m1/s1. The van der Waals surface area contributed by atoms with E-state index in [4.69, 9.17) is 0 Å². The minimum absolute atomic E-state index is 0.00742. The fourth-order valence-corrected chi connectivity index (χ4v) is 4.88. The molecule has 2 aromatic rings. The van der Waals surface area contributed by atoms with E-state index in [9.17, 15) is 19.1 Å². The summed E-state index contributed by atoms with van der Waals surface area (Å²) in [6.45, 7) is 3.89. The zero-order chi connectivity index (χ0) is 20.1. The monoisotopic (exact) mass is 382 g/mol. The smallest absolute Gasteiger partial charge is 0.220 e. The highest BCUT2D eigenvalue weighted by molar-refractivity contribution is 5.80. The fraction of sp³-hybridized carbons (Fsp3) is 0.364. The van der Waals surface area contributed by atoms with Gasteiger partial charge in [-0.25, -0.2) is 4.39 Å². The molecule has 2 saturated heterocycles. The lowest BCUT2D eigenvalue weighted by Gasteiger charge is -2.70. The van der Waals surface area contributed by atoms with Crippen molar-refractivity contribution in [2.24, 2.45) is 0 Å². The van der Waals surface area contributed by atoms with Crippen molar-refractivity contribution in [2.45, 2.75) is 31.3 Å². The van der Waals surface area contributed by atoms with Crippen molar-refractivity contribution in [3.05, 3.63) is 59.9 Å². The molecule has 2 aliphatic heterocycles. The highest BCUT2D eigenvalue weighted by atomic mass is 19.1. The van der Waals surface area contributed by atoms with Crippen LogP contribution in [0.15, 0.2) is 48.5 Å². The van der Waals surface area contributed by atoms with Crippen LogP contribution in [-0.4, -0.2) is 58.0 Å². The molecular formula is C22H23FN2O3. The van der Waals surface area contributed by atoms with Crippen LogP contribution in [0.25, 0.3) is 11.1 Å². The van der Waals surface area contributed by atoms with Crippen molar-refractivity contribution in [1.29, 1.82) is 0 Å². The highest BCUT2D eigenvalue weighted by Crippen LogP contribution is 2.53. The number of benzene rings is 2. The fourth-order valence-electron chi connectivity index (χ4n) is 4.88. The Morgan fingerprint density at radius 3 is 2.00 bits per heavy atom. The third-order valence-electron chi connectivity index (χ3n) is 6.12. The molecule has 28 heavy (non-hydrogen) atoms. The number of hydrogen-bond donors (Lipinski definition) is 1. The molecule has 2 aliphatic rings. The van der Waals surface area contributed by atoms with Gasteiger partial charge in [0, 0.05) is 32.9 Å². The second kappa shape index (κ2) is 6.71. The van der Waals surface area contributed by atoms with E-state index in [1.807, 2.05) is 24.3 Å². The predicted molar refractivity (Wildman–Crippen MR) is 103 cm³/mol. The van der Waals surface area contributed by atoms with Crippen molar-refractivity contribution in [3.8, 4) is 11.1 Å². The SMILES string of the molecule is CC(=O)N1CC2(C1)[C@@H](c1ccc(-c3ccc(F)cc3)cc1)[C@@H](CO)N2C(C)=O. The van der Waals surface area contributed by atoms with E-state index in [1.165, 1.54) is 26.0 Å². The third-order valence-corrected chi connectivity index (χ3v) is 6.12. The maximum Gasteiger partial charge on any atom is 0.220 e. The molecule has 2 heterocycles. The van der Waals surface area contributed by atoms with Gasteiger partial charge in [0.2, 0.25) is 11.8 Å². The van der Waals surface area contributed by atoms with Gasteiger partial charge in [0.05, 0.1) is 18.2 Å². The average Bonchev–Trinajstić information content (AvgIpc) is 2.60. The van der Waals surface area contributed by atoms with Crippen molar-refractivity contribution in [3.63, 3.8) is 0 Å². The maximum atomic E-state index is 13.1. The Labute approximate surface area is 163 Å². The van der Waals surface area contributed by atoms with Crippen LogP contribution in [0.2, 0.25) is 0 Å². The quantitative estimate of drug-likeness (QED) is 0.887. The van der Waals surface area contributed by atoms with Crippen LogP contribution in [0, 0.1) is 5.82 Å². The number of rotatable bonds is 3. The van der Waals surface area contributed by atoms with Gasteiger partial charge < -0.3 is 14.9 Å². The topological polar surface area (TPSA) is 60.9 Å². The van der Waals surface area contributed by atoms with E-state index in [-0.39, 0.29) is 36.2 Å². The van der Waals surface area contributed by atoms with Crippen LogP contribution >= 0.6 is 0 Å². The number of aliphatic hydroxyl groups excluding tert-OH is 1. The van der Waals surface area contributed by atoms with Crippen LogP contribution in [0.1, 0.15) is 25.3 Å². The molecule has 1 N–H and O–H groups in total. The molecule has 2 amide bonds. The van der Waals surface area contributed by atoms with E-state index < -0.39 is 5.54 Å². The minimum atomic E-state index is -0.442. The maximum absolute atomic E-state index is 13.1. The van der Waals surface area contributed by atoms with Crippen molar-refractivity contribution in [1.82, 2.24) is 9.80 Å². The second-order valence-corrected chi connectivity index (χ2v) is 7.72. The van der Waals surface area contributed by atoms with Gasteiger partial charge in [-0.05, 0) is 28.8 Å². The number of halogens is 1. The normalized spacial score (nSPS) is 22.6. The van der Waals surface area contributed by atoms with Gasteiger partial charge in [-0.15, -0.1) is 0 Å². The first-order chi connectivity index (χ1) is 13.4. The van der Waals surface area contributed by atoms with E-state index in [0.29, 0.717) is 13.1 Å². The molecular weight excluding hydrogens is 359 g/mol. The summed E-state index contributed by atoms with van der Waals surface area (Å²) in [4.78, 5) is 27.4. The molecule has 0 aromatic heterocycles. The number of amides is 2. The number of hydrogen-bond acceptors (Lipinski definition) is 3. The lowest BCUT2D eigenvalue weighted by molar-refractivity contribution is -0.200. The van der Waals surface area contributed by atoms with Gasteiger partial charge in [-0.1, -0.05) is 36.4 Å². The molecule has 1 spiro atoms. The molecule has 0 aliphatic carbocycles. The zero-order valence-corrected chi connectivity index (χ0v) is 15.9. The first-order valence-electron chi connectivity index (χ1n) is 9.39. The molecule has 0 radical (unpaired) electrons. The first kappa shape index (κ1) is 18.6. The Hall–Kier alpha value is -2.73. The number of carbonyl (C=O) groups is 2. The summed E-state index contributed by atoms with van der Waals surface area (Å²) in [6.07, 6.45) is 0. The van der Waals surface area contributed by atoms with Crippen LogP contribution in [0.4, 0.5) is 4.39 Å². The first-order valence-corrected chi connectivity index (χ1v) is 9.39. The Bertz CT molecular complexity index is 904. The molecule has 6 heteroatoms. The van der Waals surface area contributed by atoms with Crippen LogP contribution in [0.5, 0.6) is 0 Å². The molecule has 0 bridgehead atoms. The summed E-state index contributed by atoms with van der Waals surface area (Å²) in [7, 11) is 0. The van der Waals surface area contributed by atoms with E-state index >= 15 is 0 Å². The lowest BCUT2D eigenvalue weighted by atomic mass is 9.60. The van der Waals surface area contributed by atoms with E-state index in [2.05, 4.69) is 0 Å². The lowest BCUT2D eigenvalue weighted by Crippen LogP contribution is -2.85. The summed E-state index contributed by atoms with van der Waals surface area (Å²) in [6, 6.07) is 14.0. The summed E-state index contributed by atoms with van der Waals surface area (Å²) in [5.41, 5.74) is 2.49. The molecule has 2 atom stereocenters. The van der Waals surface area contributed by atoms with Gasteiger partial charge in [-0.2, -0.15) is 0 Å². The van der Waals surface area contributed by atoms with Crippen LogP contribution in [0.3, 0.4) is 0 Å². The molecule has 4 rings (SSSR count). The van der Waals surface area contributed by atoms with Crippen LogP contribution in [-0.2, 0) is 9.59 Å². The molecule has 2 aromatic carbocycles. The average molecular weight is 382 g/mol. The largest absolute Gasteiger partial charge is 0.394 e. The number of carbonyl (C=O) groups excluding carboxylic acids is 2. The molecule has 0 unspecified atom stereocenters. The van der Waals surface area contributed by atoms with Gasteiger partial charge in [0.1, 0.15) is 5.82 Å². The van der Waals surface area contributed by atoms with Crippen molar-refractivity contribution >= 4 is 11.8 Å². The third kappa shape index (κ3) is 2.71. The minimum Gasteiger partial charge on any atom is -0.394 e. The van der Waals surface area contributed by atoms with E-state index in [0.717, 1.165) is 16.7 Å².